The highest BCUT2D eigenvalue weighted by Gasteiger charge is 2.29. The van der Waals surface area contributed by atoms with Gasteiger partial charge in [-0.1, -0.05) is 25.4 Å². The molecule has 0 aliphatic carbocycles. The molecule has 7 nitrogen and oxygen atoms in total. The fraction of sp³-hybridized carbons (Fsp3) is 0.550. The van der Waals surface area contributed by atoms with E-state index in [1.54, 1.807) is 72.9 Å². The van der Waals surface area contributed by atoms with E-state index in [1.165, 1.54) is 4.90 Å². The molecule has 0 heterocycles. The van der Waals surface area contributed by atoms with Gasteiger partial charge in [0.1, 0.15) is 17.7 Å². The van der Waals surface area contributed by atoms with Crippen molar-refractivity contribution >= 4 is 35.2 Å². The van der Waals surface area contributed by atoms with Crippen molar-refractivity contribution in [3.8, 4) is 0 Å². The van der Waals surface area contributed by atoms with E-state index in [9.17, 15) is 14.4 Å². The molecule has 2 atom stereocenters. The van der Waals surface area contributed by atoms with Crippen LogP contribution in [0.5, 0.6) is 0 Å². The van der Waals surface area contributed by atoms with Gasteiger partial charge in [-0.15, -0.1) is 0 Å². The molecule has 0 saturated carbocycles. The lowest BCUT2D eigenvalue weighted by atomic mass is 10.0. The van der Waals surface area contributed by atoms with E-state index in [0.717, 1.165) is 0 Å². The Morgan fingerprint density at radius 2 is 1.57 bits per heavy atom. The van der Waals surface area contributed by atoms with Gasteiger partial charge in [-0.2, -0.15) is 0 Å². The van der Waals surface area contributed by atoms with Crippen molar-refractivity contribution in [2.45, 2.75) is 59.2 Å². The van der Waals surface area contributed by atoms with Crippen LogP contribution >= 0.6 is 11.6 Å². The van der Waals surface area contributed by atoms with Crippen LogP contribution in [0.15, 0.2) is 24.3 Å². The zero-order valence-electron chi connectivity index (χ0n) is 17.5. The van der Waals surface area contributed by atoms with Crippen molar-refractivity contribution in [2.75, 3.05) is 11.9 Å². The van der Waals surface area contributed by atoms with E-state index in [1.807, 2.05) is 0 Å². The molecule has 1 rings (SSSR count). The highest BCUT2D eigenvalue weighted by Crippen LogP contribution is 2.17. The van der Waals surface area contributed by atoms with Gasteiger partial charge in [0, 0.05) is 17.8 Å². The lowest BCUT2D eigenvalue weighted by Gasteiger charge is -2.27. The monoisotopic (exact) mass is 411 g/mol. The van der Waals surface area contributed by atoms with Gasteiger partial charge in [0.15, 0.2) is 0 Å². The molecular weight excluding hydrogens is 382 g/mol. The highest BCUT2D eigenvalue weighted by atomic mass is 35.5. The second kappa shape index (κ2) is 9.78. The van der Waals surface area contributed by atoms with Gasteiger partial charge in [-0.05, 0) is 57.9 Å². The number of halogens is 1. The van der Waals surface area contributed by atoms with Gasteiger partial charge in [0.2, 0.25) is 11.8 Å². The molecule has 0 aliphatic heterocycles. The molecule has 0 saturated heterocycles. The van der Waals surface area contributed by atoms with E-state index in [-0.39, 0.29) is 11.8 Å². The van der Waals surface area contributed by atoms with E-state index in [4.69, 9.17) is 16.3 Å². The molecule has 156 valence electrons. The molecule has 0 aliphatic rings. The van der Waals surface area contributed by atoms with Gasteiger partial charge in [-0.25, -0.2) is 4.79 Å². The second-order valence-electron chi connectivity index (χ2n) is 7.97. The SMILES string of the molecule is CC(NC(=O)[C@@H](NC(=O)OC(C)(C)C)C(C)C)C(=O)N(C)c1ccc(Cl)cc1. The summed E-state index contributed by atoms with van der Waals surface area (Å²) in [6.07, 6.45) is -0.682. The van der Waals surface area contributed by atoms with Crippen LogP contribution in [0.3, 0.4) is 0 Å². The Morgan fingerprint density at radius 3 is 2.04 bits per heavy atom. The summed E-state index contributed by atoms with van der Waals surface area (Å²) in [6, 6.07) is 5.19. The number of ether oxygens (including phenoxy) is 1. The third kappa shape index (κ3) is 7.38. The van der Waals surface area contributed by atoms with Gasteiger partial charge >= 0.3 is 6.09 Å². The van der Waals surface area contributed by atoms with Crippen LogP contribution in [0, 0.1) is 5.92 Å². The molecule has 1 aromatic carbocycles. The maximum atomic E-state index is 12.6. The molecule has 0 fully saturated rings. The summed E-state index contributed by atoms with van der Waals surface area (Å²) < 4.78 is 5.21. The van der Waals surface area contributed by atoms with Crippen LogP contribution < -0.4 is 15.5 Å². The predicted octanol–water partition coefficient (Wildman–Crippen LogP) is 3.36. The summed E-state index contributed by atoms with van der Waals surface area (Å²) in [5.74, 6) is -0.939. The number of nitrogens with one attached hydrogen (secondary N) is 2. The standard InChI is InChI=1S/C20H30ClN3O4/c1-12(2)16(23-19(27)28-20(4,5)6)17(25)22-13(3)18(26)24(7)15-10-8-14(21)9-11-15/h8-13,16H,1-7H3,(H,22,25)(H,23,27)/t13?,16-/m0/s1. The number of anilines is 1. The zero-order valence-corrected chi connectivity index (χ0v) is 18.3. The Bertz CT molecular complexity index is 698. The number of alkyl carbamates (subject to hydrolysis) is 1. The molecule has 3 amide bonds. The minimum atomic E-state index is -0.828. The first kappa shape index (κ1) is 23.8. The summed E-state index contributed by atoms with van der Waals surface area (Å²) in [7, 11) is 1.62. The minimum Gasteiger partial charge on any atom is -0.444 e. The number of hydrogen-bond donors (Lipinski definition) is 2. The first-order valence-corrected chi connectivity index (χ1v) is 9.52. The highest BCUT2D eigenvalue weighted by molar-refractivity contribution is 6.30. The molecule has 0 aromatic heterocycles. The predicted molar refractivity (Wildman–Crippen MR) is 110 cm³/mol. The van der Waals surface area contributed by atoms with Crippen molar-refractivity contribution < 1.29 is 19.1 Å². The average molecular weight is 412 g/mol. The van der Waals surface area contributed by atoms with Gasteiger partial charge < -0.3 is 20.3 Å². The molecule has 0 spiro atoms. The van der Waals surface area contributed by atoms with Crippen molar-refractivity contribution in [2.24, 2.45) is 5.92 Å². The lowest BCUT2D eigenvalue weighted by molar-refractivity contribution is -0.129. The molecule has 28 heavy (non-hydrogen) atoms. The number of carbonyl (C=O) groups is 3. The fourth-order valence-corrected chi connectivity index (χ4v) is 2.54. The number of benzene rings is 1. The number of hydrogen-bond acceptors (Lipinski definition) is 4. The van der Waals surface area contributed by atoms with E-state index in [0.29, 0.717) is 10.7 Å². The lowest BCUT2D eigenvalue weighted by Crippen LogP contribution is -2.55. The van der Waals surface area contributed by atoms with Crippen LogP contribution in [0.1, 0.15) is 41.5 Å². The summed E-state index contributed by atoms with van der Waals surface area (Å²) in [6.45, 7) is 10.4. The van der Waals surface area contributed by atoms with Crippen molar-refractivity contribution in [3.05, 3.63) is 29.3 Å². The fourth-order valence-electron chi connectivity index (χ4n) is 2.42. The third-order valence-electron chi connectivity index (χ3n) is 3.90. The molecule has 1 aromatic rings. The quantitative estimate of drug-likeness (QED) is 0.751. The molecule has 1 unspecified atom stereocenters. The Hall–Kier alpha value is -2.28. The first-order chi connectivity index (χ1) is 12.8. The minimum absolute atomic E-state index is 0.191. The maximum absolute atomic E-state index is 12.6. The number of nitrogens with zero attached hydrogens (tertiary/aromatic N) is 1. The van der Waals surface area contributed by atoms with Crippen molar-refractivity contribution in [1.82, 2.24) is 10.6 Å². The molecule has 2 N–H and O–H groups in total. The normalized spacial score (nSPS) is 13.5. The van der Waals surface area contributed by atoms with Crippen molar-refractivity contribution in [3.63, 3.8) is 0 Å². The zero-order chi connectivity index (χ0) is 21.6. The summed E-state index contributed by atoms with van der Waals surface area (Å²) in [5, 5.41) is 5.80. The van der Waals surface area contributed by atoms with Crippen molar-refractivity contribution in [1.29, 1.82) is 0 Å². The first-order valence-electron chi connectivity index (χ1n) is 9.15. The van der Waals surface area contributed by atoms with Gasteiger partial charge in [-0.3, -0.25) is 9.59 Å². The van der Waals surface area contributed by atoms with E-state index in [2.05, 4.69) is 10.6 Å². The van der Waals surface area contributed by atoms with Crippen LogP contribution in [0.2, 0.25) is 5.02 Å². The largest absolute Gasteiger partial charge is 0.444 e. The summed E-state index contributed by atoms with van der Waals surface area (Å²) in [5.41, 5.74) is -0.0186. The summed E-state index contributed by atoms with van der Waals surface area (Å²) in [4.78, 5) is 38.7. The number of likely N-dealkylation sites (N-methyl/N-ethyl adjacent to an activating group) is 1. The average Bonchev–Trinajstić information content (AvgIpc) is 2.57. The molecule has 0 radical (unpaired) electrons. The third-order valence-corrected chi connectivity index (χ3v) is 4.15. The molecule has 8 heteroatoms. The Morgan fingerprint density at radius 1 is 1.04 bits per heavy atom. The van der Waals surface area contributed by atoms with Crippen LogP contribution in [0.4, 0.5) is 10.5 Å². The van der Waals surface area contributed by atoms with E-state index >= 15 is 0 Å². The molecular formula is C20H30ClN3O4. The van der Waals surface area contributed by atoms with Gasteiger partial charge in [0.05, 0.1) is 0 Å². The topological polar surface area (TPSA) is 87.7 Å². The van der Waals surface area contributed by atoms with E-state index < -0.39 is 29.7 Å². The Balaban J connectivity index is 2.76. The number of amides is 3. The Labute approximate surface area is 171 Å². The van der Waals surface area contributed by atoms with Crippen LogP contribution in [-0.2, 0) is 14.3 Å². The smallest absolute Gasteiger partial charge is 0.408 e. The van der Waals surface area contributed by atoms with Gasteiger partial charge in [0.25, 0.3) is 0 Å². The maximum Gasteiger partial charge on any atom is 0.408 e. The number of rotatable bonds is 6. The Kier molecular flexibility index (Phi) is 8.29. The number of carbonyl (C=O) groups excluding carboxylic acids is 3. The molecule has 0 bridgehead atoms. The van der Waals surface area contributed by atoms with Crippen LogP contribution in [0.25, 0.3) is 0 Å². The summed E-state index contributed by atoms with van der Waals surface area (Å²) >= 11 is 5.87. The second-order valence-corrected chi connectivity index (χ2v) is 8.41. The van der Waals surface area contributed by atoms with Crippen LogP contribution in [-0.4, -0.2) is 42.6 Å².